The zero-order chi connectivity index (χ0) is 20.4. The molecule has 25 heavy (non-hydrogen) atoms. The van der Waals surface area contributed by atoms with Crippen LogP contribution in [0.4, 0.5) is 0 Å². The molecule has 0 aliphatic carbocycles. The van der Waals surface area contributed by atoms with Crippen molar-refractivity contribution < 1.29 is 29.1 Å². The Morgan fingerprint density at radius 1 is 0.920 bits per heavy atom. The van der Waals surface area contributed by atoms with Crippen LogP contribution < -0.4 is 0 Å². The van der Waals surface area contributed by atoms with Crippen LogP contribution in [-0.4, -0.2) is 0 Å². The number of rotatable bonds is 6. The molecule has 0 radical (unpaired) electrons. The van der Waals surface area contributed by atoms with Gasteiger partial charge in [0.15, 0.2) is 0 Å². The van der Waals surface area contributed by atoms with Gasteiger partial charge in [-0.25, -0.2) is 0 Å². The zero-order valence-corrected chi connectivity index (χ0v) is 20.4. The maximum atomic E-state index is 5.86. The van der Waals surface area contributed by atoms with Crippen LogP contribution in [0.3, 0.4) is 0 Å². The molecule has 0 saturated carbocycles. The summed E-state index contributed by atoms with van der Waals surface area (Å²) in [5.74, 6) is 1.98. The van der Waals surface area contributed by atoms with E-state index < -0.39 is 0 Å². The summed E-state index contributed by atoms with van der Waals surface area (Å²) < 4.78 is 7.91. The molecule has 1 aromatic rings. The van der Waals surface area contributed by atoms with Crippen LogP contribution in [0.5, 0.6) is 0 Å². The van der Waals surface area contributed by atoms with Crippen LogP contribution in [0.25, 0.3) is 24.3 Å². The topological polar surface area (TPSA) is 13.1 Å². The number of furan rings is 1. The third kappa shape index (κ3) is 9.80. The second-order valence-corrected chi connectivity index (χ2v) is 4.57. The van der Waals surface area contributed by atoms with Crippen molar-refractivity contribution in [1.82, 2.24) is 0 Å². The molecule has 0 aliphatic heterocycles. The monoisotopic (exact) mass is 539 g/mol. The fourth-order valence-electron chi connectivity index (χ4n) is 1.91. The van der Waals surface area contributed by atoms with Crippen LogP contribution in [0, 0.1) is 30.6 Å². The van der Waals surface area contributed by atoms with Crippen molar-refractivity contribution in [2.75, 3.05) is 0 Å². The molecule has 0 unspecified atom stereocenters. The third-order valence-corrected chi connectivity index (χ3v) is 2.96. The van der Waals surface area contributed by atoms with Gasteiger partial charge in [0.25, 0.3) is 0 Å². The fraction of sp³-hybridized carbons (Fsp3) is 0.391. The molecule has 142 valence electrons. The molecule has 1 heterocycles. The van der Waals surface area contributed by atoms with E-state index in [1.165, 1.54) is 0 Å². The molecular formula is C23H37AtO. The molecule has 1 aromatic heterocycles. The van der Waals surface area contributed by atoms with Gasteiger partial charge in [-0.15, -0.1) is 0 Å². The molecule has 0 amide bonds. The van der Waals surface area contributed by atoms with E-state index in [1.54, 1.807) is 30.8 Å². The van der Waals surface area contributed by atoms with Crippen molar-refractivity contribution in [2.45, 2.75) is 53.1 Å². The molecule has 1 nitrogen and oxygen atoms in total. The zero-order valence-electron chi connectivity index (χ0n) is 17.4. The molecule has 0 N–H and O–H groups in total. The first-order chi connectivity index (χ1) is 12.1. The Kier molecular flexibility index (Phi) is 22.0. The van der Waals surface area contributed by atoms with E-state index in [0.717, 1.165) is 28.2 Å². The molecular weight excluding hydrogens is 502 g/mol. The van der Waals surface area contributed by atoms with Gasteiger partial charge >= 0.3 is 29.4 Å². The Bertz CT molecular complexity index is 543. The predicted molar refractivity (Wildman–Crippen MR) is 115 cm³/mol. The molecule has 0 aliphatic rings. The predicted octanol–water partition coefficient (Wildman–Crippen LogP) is 8.46. The molecule has 0 aromatic carbocycles. The van der Waals surface area contributed by atoms with Crippen LogP contribution in [0.15, 0.2) is 41.9 Å². The summed E-state index contributed by atoms with van der Waals surface area (Å²) in [6.45, 7) is 25.8. The molecule has 0 saturated heterocycles. The van der Waals surface area contributed by atoms with Crippen molar-refractivity contribution in [3.63, 3.8) is 0 Å². The SMILES string of the molecule is C=C/C(=C\c1oc(C=C)c(/C=C\C)c1C=C)C(C)C.CC.CC.C[At]. The summed E-state index contributed by atoms with van der Waals surface area (Å²) in [7, 11) is 0. The second kappa shape index (κ2) is 19.2. The first kappa shape index (κ1) is 28.7. The molecule has 0 fully saturated rings. The van der Waals surface area contributed by atoms with Gasteiger partial charge in [0.05, 0.1) is 0 Å². The average Bonchev–Trinajstić information content (AvgIpc) is 3.01. The van der Waals surface area contributed by atoms with Crippen molar-refractivity contribution in [1.29, 1.82) is 0 Å². The van der Waals surface area contributed by atoms with Crippen LogP contribution >= 0.6 is 0 Å². The number of allylic oxidation sites excluding steroid dienone is 3. The normalized spacial score (nSPS) is 9.92. The molecule has 0 atom stereocenters. The van der Waals surface area contributed by atoms with E-state index in [4.69, 9.17) is 4.42 Å². The number of hydrogen-bond donors (Lipinski definition) is 0. The van der Waals surface area contributed by atoms with E-state index in [0.29, 0.717) is 5.92 Å². The Morgan fingerprint density at radius 3 is 1.76 bits per heavy atom. The quantitative estimate of drug-likeness (QED) is 0.331. The van der Waals surface area contributed by atoms with Gasteiger partial charge in [0.2, 0.25) is 0 Å². The van der Waals surface area contributed by atoms with E-state index in [-0.39, 0.29) is 0 Å². The van der Waals surface area contributed by atoms with Crippen molar-refractivity contribution in [3.8, 4) is 0 Å². The fourth-order valence-corrected chi connectivity index (χ4v) is 1.91. The Hall–Kier alpha value is -1.14. The summed E-state index contributed by atoms with van der Waals surface area (Å²) in [6.07, 6.45) is 11.4. The van der Waals surface area contributed by atoms with Gasteiger partial charge in [-0.05, 0) is 30.6 Å². The van der Waals surface area contributed by atoms with Gasteiger partial charge in [-0.3, -0.25) is 0 Å². The Labute approximate surface area is 172 Å². The maximum absolute atomic E-state index is 5.86. The van der Waals surface area contributed by atoms with Crippen molar-refractivity contribution in [3.05, 3.63) is 60.1 Å². The standard InChI is InChI=1S/C18H22O.2C2H6.CH3At/c1-7-11-16-15(9-3)18(19-17(16)10-4)12-14(8-2)13(5)6;3*1-2/h7-13H,2-4H2,1,5-6H3;2*1-2H3;1H3/b11-7-,14-12+;;;. The van der Waals surface area contributed by atoms with Crippen molar-refractivity contribution >= 4 is 24.3 Å². The molecule has 0 bridgehead atoms. The van der Waals surface area contributed by atoms with E-state index >= 15 is 0 Å². The molecule has 2 heteroatoms. The van der Waals surface area contributed by atoms with E-state index in [9.17, 15) is 0 Å². The van der Waals surface area contributed by atoms with Gasteiger partial charge in [-0.1, -0.05) is 85.6 Å². The van der Waals surface area contributed by atoms with Gasteiger partial charge < -0.3 is 4.42 Å². The third-order valence-electron chi connectivity index (χ3n) is 2.96. The second-order valence-electron chi connectivity index (χ2n) is 4.57. The first-order valence-electron chi connectivity index (χ1n) is 8.85. The Balaban J connectivity index is -0.000000725. The van der Waals surface area contributed by atoms with E-state index in [2.05, 4.69) is 38.2 Å². The van der Waals surface area contributed by atoms with Gasteiger partial charge in [0.1, 0.15) is 11.5 Å². The number of hydrogen-bond acceptors (Lipinski definition) is 1. The van der Waals surface area contributed by atoms with Crippen LogP contribution in [0.1, 0.15) is 71.1 Å². The van der Waals surface area contributed by atoms with Crippen LogP contribution in [0.2, 0.25) is 4.63 Å². The van der Waals surface area contributed by atoms with Gasteiger partial charge in [0, 0.05) is 11.1 Å². The molecule has 0 spiro atoms. The van der Waals surface area contributed by atoms with Crippen molar-refractivity contribution in [2.24, 2.45) is 5.92 Å². The Morgan fingerprint density at radius 2 is 1.44 bits per heavy atom. The first-order valence-corrected chi connectivity index (χ1v) is 11.8. The summed E-state index contributed by atoms with van der Waals surface area (Å²) in [6, 6.07) is 0. The molecule has 1 rings (SSSR count). The summed E-state index contributed by atoms with van der Waals surface area (Å²) in [5.41, 5.74) is 3.15. The summed E-state index contributed by atoms with van der Waals surface area (Å²) >= 11 is 1.72. The van der Waals surface area contributed by atoms with Gasteiger partial charge in [-0.2, -0.15) is 0 Å². The average molecular weight is 540 g/mol. The summed E-state index contributed by atoms with van der Waals surface area (Å²) in [5, 5.41) is 0. The minimum atomic E-state index is 0.401. The summed E-state index contributed by atoms with van der Waals surface area (Å²) in [4.78, 5) is 0. The van der Waals surface area contributed by atoms with Crippen LogP contribution in [-0.2, 0) is 0 Å². The minimum absolute atomic E-state index is 0.401. The van der Waals surface area contributed by atoms with E-state index in [1.807, 2.05) is 65.0 Å².